The van der Waals surface area contributed by atoms with Crippen LogP contribution in [0.25, 0.3) is 0 Å². The van der Waals surface area contributed by atoms with E-state index in [1.54, 1.807) is 43.3 Å². The van der Waals surface area contributed by atoms with Gasteiger partial charge in [0.2, 0.25) is 0 Å². The van der Waals surface area contributed by atoms with Crippen molar-refractivity contribution in [2.24, 2.45) is 0 Å². The summed E-state index contributed by atoms with van der Waals surface area (Å²) in [5.41, 5.74) is 1.02. The van der Waals surface area contributed by atoms with Crippen LogP contribution in [0.3, 0.4) is 0 Å². The van der Waals surface area contributed by atoms with Gasteiger partial charge >= 0.3 is 0 Å². The smallest absolute Gasteiger partial charge is 0.251 e. The second-order valence-corrected chi connectivity index (χ2v) is 6.01. The van der Waals surface area contributed by atoms with Crippen LogP contribution in [0.4, 0.5) is 0 Å². The maximum Gasteiger partial charge on any atom is 0.251 e. The van der Waals surface area contributed by atoms with Crippen molar-refractivity contribution in [3.63, 3.8) is 0 Å². The fraction of sp³-hybridized carbons (Fsp3) is 0.273. The highest BCUT2D eigenvalue weighted by Crippen LogP contribution is 2.07. The maximum absolute atomic E-state index is 12.3. The molecule has 2 aromatic rings. The lowest BCUT2D eigenvalue weighted by Gasteiger charge is -2.19. The summed E-state index contributed by atoms with van der Waals surface area (Å²) >= 11 is 0. The highest BCUT2D eigenvalue weighted by atomic mass is 16.4. The normalized spacial score (nSPS) is 12.0. The number of hydrogen-bond donors (Lipinski definition) is 3. The molecule has 0 saturated heterocycles. The van der Waals surface area contributed by atoms with E-state index >= 15 is 0 Å². The molecule has 1 amide bonds. The standard InChI is InChI=1S/C22H21NO5/c1-3-20(26)21(15(2)25)23-22(27)17-10-8-16(9-11-17)6-4-5-7-18-12-13-19(14-24)28-18/h8-13,15,21,24-25H,3,14H2,1-2H3,(H,23,27)/t15-,21-/m0/s1. The third kappa shape index (κ3) is 5.85. The zero-order valence-electron chi connectivity index (χ0n) is 15.7. The molecule has 144 valence electrons. The first-order valence-corrected chi connectivity index (χ1v) is 8.78. The first kappa shape index (κ1) is 21.0. The Morgan fingerprint density at radius 1 is 1.11 bits per heavy atom. The molecular weight excluding hydrogens is 358 g/mol. The fourth-order valence-electron chi connectivity index (χ4n) is 2.35. The molecule has 0 aliphatic carbocycles. The van der Waals surface area contributed by atoms with Crippen LogP contribution in [0.5, 0.6) is 0 Å². The molecule has 1 aromatic carbocycles. The summed E-state index contributed by atoms with van der Waals surface area (Å²) in [7, 11) is 0. The molecule has 1 heterocycles. The molecule has 6 heteroatoms. The Labute approximate surface area is 163 Å². The average Bonchev–Trinajstić information content (AvgIpc) is 3.17. The van der Waals surface area contributed by atoms with Gasteiger partial charge in [-0.25, -0.2) is 0 Å². The van der Waals surface area contributed by atoms with Gasteiger partial charge in [-0.05, 0) is 61.1 Å². The molecule has 0 saturated carbocycles. The molecular formula is C22H21NO5. The third-order valence-electron chi connectivity index (χ3n) is 3.88. The molecule has 0 unspecified atom stereocenters. The van der Waals surface area contributed by atoms with Gasteiger partial charge in [-0.2, -0.15) is 0 Å². The van der Waals surface area contributed by atoms with Crippen molar-refractivity contribution in [1.29, 1.82) is 0 Å². The summed E-state index contributed by atoms with van der Waals surface area (Å²) in [6, 6.07) is 8.86. The molecule has 2 atom stereocenters. The minimum Gasteiger partial charge on any atom is -0.450 e. The minimum atomic E-state index is -0.970. The lowest BCUT2D eigenvalue weighted by atomic mass is 10.0. The number of benzene rings is 1. The van der Waals surface area contributed by atoms with Gasteiger partial charge in [0.25, 0.3) is 5.91 Å². The second-order valence-electron chi connectivity index (χ2n) is 6.01. The monoisotopic (exact) mass is 379 g/mol. The van der Waals surface area contributed by atoms with Gasteiger partial charge in [-0.1, -0.05) is 12.8 Å². The quantitative estimate of drug-likeness (QED) is 0.663. The number of nitrogens with one attached hydrogen (secondary N) is 1. The Morgan fingerprint density at radius 3 is 2.36 bits per heavy atom. The summed E-state index contributed by atoms with van der Waals surface area (Å²) in [5.74, 6) is 11.1. The van der Waals surface area contributed by atoms with Gasteiger partial charge in [0.05, 0.1) is 6.10 Å². The zero-order valence-corrected chi connectivity index (χ0v) is 15.7. The van der Waals surface area contributed by atoms with Crippen molar-refractivity contribution in [3.05, 3.63) is 59.0 Å². The third-order valence-corrected chi connectivity index (χ3v) is 3.88. The highest BCUT2D eigenvalue weighted by Gasteiger charge is 2.24. The molecule has 1 aromatic heterocycles. The van der Waals surface area contributed by atoms with Crippen LogP contribution < -0.4 is 5.32 Å². The second kappa shape index (κ2) is 10.1. The Bertz CT molecular complexity index is 949. The van der Waals surface area contributed by atoms with Gasteiger partial charge in [0.15, 0.2) is 11.5 Å². The summed E-state index contributed by atoms with van der Waals surface area (Å²) in [6.07, 6.45) is -0.743. The van der Waals surface area contributed by atoms with Crippen LogP contribution in [0, 0.1) is 23.7 Å². The SMILES string of the molecule is CCC(=O)[C@@H](NC(=O)c1ccc(C#CC#Cc2ccc(CO)o2)cc1)[C@H](C)O. The molecule has 6 nitrogen and oxygen atoms in total. The number of carbonyl (C=O) groups is 2. The molecule has 0 fully saturated rings. The maximum atomic E-state index is 12.3. The molecule has 28 heavy (non-hydrogen) atoms. The fourth-order valence-corrected chi connectivity index (χ4v) is 2.35. The number of hydrogen-bond acceptors (Lipinski definition) is 5. The Balaban J connectivity index is 2.01. The van der Waals surface area contributed by atoms with Gasteiger partial charge < -0.3 is 19.9 Å². The number of ketones is 1. The first-order chi connectivity index (χ1) is 13.4. The molecule has 0 spiro atoms. The number of rotatable bonds is 6. The van der Waals surface area contributed by atoms with Crippen molar-refractivity contribution in [2.45, 2.75) is 39.0 Å². The van der Waals surface area contributed by atoms with E-state index < -0.39 is 18.1 Å². The summed E-state index contributed by atoms with van der Waals surface area (Å²) in [5, 5.41) is 21.2. The van der Waals surface area contributed by atoms with Crippen LogP contribution in [0.15, 0.2) is 40.8 Å². The van der Waals surface area contributed by atoms with E-state index in [-0.39, 0.29) is 18.8 Å². The number of aliphatic hydroxyl groups is 2. The number of amides is 1. The molecule has 0 aliphatic rings. The van der Waals surface area contributed by atoms with Gasteiger partial charge in [-0.3, -0.25) is 9.59 Å². The lowest BCUT2D eigenvalue weighted by molar-refractivity contribution is -0.122. The Morgan fingerprint density at radius 2 is 1.79 bits per heavy atom. The van der Waals surface area contributed by atoms with Crippen molar-refractivity contribution in [1.82, 2.24) is 5.32 Å². The lowest BCUT2D eigenvalue weighted by Crippen LogP contribution is -2.47. The van der Waals surface area contributed by atoms with E-state index in [1.807, 2.05) is 0 Å². The van der Waals surface area contributed by atoms with Crippen molar-refractivity contribution >= 4 is 11.7 Å². The van der Waals surface area contributed by atoms with E-state index in [1.165, 1.54) is 6.92 Å². The number of carbonyl (C=O) groups excluding carboxylic acids is 2. The predicted molar refractivity (Wildman–Crippen MR) is 103 cm³/mol. The van der Waals surface area contributed by atoms with Crippen LogP contribution in [0.2, 0.25) is 0 Å². The summed E-state index contributed by atoms with van der Waals surface area (Å²) < 4.78 is 5.22. The van der Waals surface area contributed by atoms with E-state index in [2.05, 4.69) is 29.0 Å². The molecule has 3 N–H and O–H groups in total. The topological polar surface area (TPSA) is 99.8 Å². The Hall–Kier alpha value is -3.32. The summed E-state index contributed by atoms with van der Waals surface area (Å²) in [4.78, 5) is 24.1. The highest BCUT2D eigenvalue weighted by molar-refractivity contribution is 5.98. The molecule has 0 bridgehead atoms. The van der Waals surface area contributed by atoms with E-state index in [0.717, 1.165) is 0 Å². The average molecular weight is 379 g/mol. The van der Waals surface area contributed by atoms with Crippen LogP contribution >= 0.6 is 0 Å². The molecule has 0 radical (unpaired) electrons. The first-order valence-electron chi connectivity index (χ1n) is 8.78. The van der Waals surface area contributed by atoms with Crippen LogP contribution in [0.1, 0.15) is 47.7 Å². The van der Waals surface area contributed by atoms with Gasteiger partial charge in [0.1, 0.15) is 18.4 Å². The minimum absolute atomic E-state index is 0.183. The molecule has 0 aliphatic heterocycles. The van der Waals surface area contributed by atoms with E-state index in [9.17, 15) is 14.7 Å². The van der Waals surface area contributed by atoms with E-state index in [0.29, 0.717) is 22.6 Å². The number of aliphatic hydroxyl groups excluding tert-OH is 2. The largest absolute Gasteiger partial charge is 0.450 e. The van der Waals surface area contributed by atoms with E-state index in [4.69, 9.17) is 9.52 Å². The van der Waals surface area contributed by atoms with Crippen LogP contribution in [-0.2, 0) is 11.4 Å². The molecule has 2 rings (SSSR count). The van der Waals surface area contributed by atoms with Gasteiger partial charge in [0, 0.05) is 17.5 Å². The van der Waals surface area contributed by atoms with Crippen molar-refractivity contribution < 1.29 is 24.2 Å². The predicted octanol–water partition coefficient (Wildman–Crippen LogP) is 1.63. The number of Topliss-reactive ketones (excluding diaryl/α,β-unsaturated/α-hetero) is 1. The van der Waals surface area contributed by atoms with Crippen molar-refractivity contribution in [3.8, 4) is 23.7 Å². The van der Waals surface area contributed by atoms with Gasteiger partial charge in [-0.15, -0.1) is 0 Å². The zero-order chi connectivity index (χ0) is 20.5. The van der Waals surface area contributed by atoms with Crippen molar-refractivity contribution in [2.75, 3.05) is 0 Å². The number of furan rings is 1. The Kier molecular flexibility index (Phi) is 7.59. The summed E-state index contributed by atoms with van der Waals surface area (Å²) in [6.45, 7) is 2.96. The van der Waals surface area contributed by atoms with Crippen LogP contribution in [-0.4, -0.2) is 34.0 Å².